The summed E-state index contributed by atoms with van der Waals surface area (Å²) in [6.45, 7) is 2.18. The molecule has 0 bridgehead atoms. The van der Waals surface area contributed by atoms with Crippen LogP contribution in [-0.2, 0) is 11.3 Å². The van der Waals surface area contributed by atoms with Crippen molar-refractivity contribution in [3.05, 3.63) is 35.6 Å². The fraction of sp³-hybridized carbons (Fsp3) is 0.300. The van der Waals surface area contributed by atoms with Gasteiger partial charge in [-0.3, -0.25) is 4.79 Å². The van der Waals surface area contributed by atoms with Crippen LogP contribution in [0, 0.1) is 5.82 Å². The van der Waals surface area contributed by atoms with E-state index in [4.69, 9.17) is 0 Å². The van der Waals surface area contributed by atoms with Gasteiger partial charge in [0, 0.05) is 12.1 Å². The highest BCUT2D eigenvalue weighted by Gasteiger charge is 1.99. The first kappa shape index (κ1) is 9.86. The van der Waals surface area contributed by atoms with E-state index in [9.17, 15) is 9.18 Å². The van der Waals surface area contributed by atoms with Crippen molar-refractivity contribution in [2.45, 2.75) is 13.5 Å². The summed E-state index contributed by atoms with van der Waals surface area (Å²) >= 11 is 0. The lowest BCUT2D eigenvalue weighted by molar-refractivity contribution is -0.116. The number of hydrogen-bond donors (Lipinski definition) is 1. The molecule has 0 saturated heterocycles. The van der Waals surface area contributed by atoms with Gasteiger partial charge < -0.3 is 5.32 Å². The summed E-state index contributed by atoms with van der Waals surface area (Å²) in [5, 5.41) is 2.85. The number of rotatable bonds is 4. The zero-order chi connectivity index (χ0) is 9.68. The predicted molar refractivity (Wildman–Crippen MR) is 48.8 cm³/mol. The molecule has 0 aromatic heterocycles. The molecule has 1 rings (SSSR count). The fourth-order valence-corrected chi connectivity index (χ4v) is 1.01. The number of benzene rings is 1. The zero-order valence-electron chi connectivity index (χ0n) is 7.51. The minimum atomic E-state index is -0.237. The van der Waals surface area contributed by atoms with Gasteiger partial charge in [-0.1, -0.05) is 18.2 Å². The van der Waals surface area contributed by atoms with E-state index in [1.54, 1.807) is 18.2 Å². The van der Waals surface area contributed by atoms with Gasteiger partial charge in [0.15, 0.2) is 0 Å². The third-order valence-corrected chi connectivity index (χ3v) is 1.65. The van der Waals surface area contributed by atoms with Gasteiger partial charge in [0.05, 0.1) is 6.54 Å². The maximum Gasteiger partial charge on any atom is 0.143 e. The first-order valence-corrected chi connectivity index (χ1v) is 4.13. The molecule has 1 aromatic rings. The second-order valence-electron chi connectivity index (χ2n) is 2.90. The Morgan fingerprint density at radius 1 is 1.46 bits per heavy atom. The van der Waals surface area contributed by atoms with Crippen molar-refractivity contribution in [3.63, 3.8) is 0 Å². The first-order chi connectivity index (χ1) is 6.20. The maximum atomic E-state index is 13.0. The van der Waals surface area contributed by atoms with E-state index in [2.05, 4.69) is 5.32 Å². The molecule has 2 nitrogen and oxygen atoms in total. The molecule has 1 N–H and O–H groups in total. The van der Waals surface area contributed by atoms with E-state index in [1.807, 2.05) is 0 Å². The third kappa shape index (κ3) is 3.34. The molecule has 0 amide bonds. The lowest BCUT2D eigenvalue weighted by atomic mass is 10.2. The van der Waals surface area contributed by atoms with Crippen LogP contribution in [0.1, 0.15) is 12.5 Å². The Morgan fingerprint density at radius 2 is 2.15 bits per heavy atom. The highest BCUT2D eigenvalue weighted by Crippen LogP contribution is 2.04. The van der Waals surface area contributed by atoms with Gasteiger partial charge >= 0.3 is 0 Å². The highest BCUT2D eigenvalue weighted by atomic mass is 19.1. The number of hydrogen-bond acceptors (Lipinski definition) is 2. The molecular formula is C10H12FNO. The summed E-state index contributed by atoms with van der Waals surface area (Å²) < 4.78 is 13.0. The van der Waals surface area contributed by atoms with Crippen molar-refractivity contribution in [1.82, 2.24) is 5.32 Å². The van der Waals surface area contributed by atoms with Crippen LogP contribution in [0.4, 0.5) is 4.39 Å². The van der Waals surface area contributed by atoms with Crippen molar-refractivity contribution in [1.29, 1.82) is 0 Å². The average molecular weight is 181 g/mol. The average Bonchev–Trinajstić information content (AvgIpc) is 2.08. The summed E-state index contributed by atoms with van der Waals surface area (Å²) in [6, 6.07) is 6.52. The van der Waals surface area contributed by atoms with Crippen molar-refractivity contribution in [2.75, 3.05) is 6.54 Å². The van der Waals surface area contributed by atoms with E-state index in [1.165, 1.54) is 13.0 Å². The zero-order valence-corrected chi connectivity index (χ0v) is 7.51. The highest BCUT2D eigenvalue weighted by molar-refractivity contribution is 5.77. The lowest BCUT2D eigenvalue weighted by Crippen LogP contribution is -2.20. The Hall–Kier alpha value is -1.22. The van der Waals surface area contributed by atoms with Crippen LogP contribution in [0.3, 0.4) is 0 Å². The van der Waals surface area contributed by atoms with Gasteiger partial charge in [0.25, 0.3) is 0 Å². The molecule has 0 radical (unpaired) electrons. The topological polar surface area (TPSA) is 29.1 Å². The first-order valence-electron chi connectivity index (χ1n) is 4.13. The summed E-state index contributed by atoms with van der Waals surface area (Å²) in [7, 11) is 0. The molecule has 0 unspecified atom stereocenters. The van der Waals surface area contributed by atoms with Crippen LogP contribution >= 0.6 is 0 Å². The molecule has 0 aliphatic heterocycles. The quantitative estimate of drug-likeness (QED) is 0.762. The van der Waals surface area contributed by atoms with Gasteiger partial charge in [0.1, 0.15) is 11.6 Å². The minimum Gasteiger partial charge on any atom is -0.306 e. The van der Waals surface area contributed by atoms with Gasteiger partial charge in [-0.2, -0.15) is 0 Å². The molecule has 3 heteroatoms. The van der Waals surface area contributed by atoms with E-state index in [-0.39, 0.29) is 18.1 Å². The van der Waals surface area contributed by atoms with Crippen molar-refractivity contribution < 1.29 is 9.18 Å². The van der Waals surface area contributed by atoms with Gasteiger partial charge in [0.2, 0.25) is 0 Å². The second kappa shape index (κ2) is 4.72. The SMILES string of the molecule is CC(=O)CNCc1ccccc1F. The number of carbonyl (C=O) groups excluding carboxylic acids is 1. The Bertz CT molecular complexity index is 299. The smallest absolute Gasteiger partial charge is 0.143 e. The number of Topliss-reactive ketones (excluding diaryl/α,β-unsaturated/α-hetero) is 1. The molecule has 0 heterocycles. The maximum absolute atomic E-state index is 13.0. The molecule has 0 atom stereocenters. The Balaban J connectivity index is 2.45. The van der Waals surface area contributed by atoms with Crippen molar-refractivity contribution in [2.24, 2.45) is 0 Å². The molecular weight excluding hydrogens is 169 g/mol. The van der Waals surface area contributed by atoms with E-state index < -0.39 is 0 Å². The van der Waals surface area contributed by atoms with E-state index >= 15 is 0 Å². The predicted octanol–water partition coefficient (Wildman–Crippen LogP) is 1.50. The monoisotopic (exact) mass is 181 g/mol. The standard InChI is InChI=1S/C10H12FNO/c1-8(13)6-12-7-9-4-2-3-5-10(9)11/h2-5,12H,6-7H2,1H3. The van der Waals surface area contributed by atoms with Gasteiger partial charge in [-0.05, 0) is 13.0 Å². The summed E-state index contributed by atoms with van der Waals surface area (Å²) in [5.41, 5.74) is 0.587. The normalized spacial score (nSPS) is 10.0. The Labute approximate surface area is 76.8 Å². The molecule has 0 aliphatic rings. The lowest BCUT2D eigenvalue weighted by Gasteiger charge is -2.03. The Kier molecular flexibility index (Phi) is 3.58. The molecule has 70 valence electrons. The second-order valence-corrected chi connectivity index (χ2v) is 2.90. The summed E-state index contributed by atoms with van der Waals surface area (Å²) in [6.07, 6.45) is 0. The number of halogens is 1. The van der Waals surface area contributed by atoms with Crippen LogP contribution in [0.5, 0.6) is 0 Å². The summed E-state index contributed by atoms with van der Waals surface area (Å²) in [5.74, 6) is -0.185. The van der Waals surface area contributed by atoms with E-state index in [0.29, 0.717) is 12.1 Å². The van der Waals surface area contributed by atoms with Gasteiger partial charge in [-0.25, -0.2) is 4.39 Å². The number of nitrogens with one attached hydrogen (secondary N) is 1. The van der Waals surface area contributed by atoms with Crippen LogP contribution in [0.2, 0.25) is 0 Å². The van der Waals surface area contributed by atoms with E-state index in [0.717, 1.165) is 0 Å². The summed E-state index contributed by atoms with van der Waals surface area (Å²) in [4.78, 5) is 10.6. The fourth-order valence-electron chi connectivity index (χ4n) is 1.01. The number of ketones is 1. The Morgan fingerprint density at radius 3 is 2.77 bits per heavy atom. The molecule has 0 saturated carbocycles. The number of carbonyl (C=O) groups is 1. The van der Waals surface area contributed by atoms with Crippen LogP contribution in [0.25, 0.3) is 0 Å². The molecule has 0 fully saturated rings. The van der Waals surface area contributed by atoms with Gasteiger partial charge in [-0.15, -0.1) is 0 Å². The molecule has 13 heavy (non-hydrogen) atoms. The van der Waals surface area contributed by atoms with Crippen molar-refractivity contribution >= 4 is 5.78 Å². The molecule has 0 aliphatic carbocycles. The molecule has 1 aromatic carbocycles. The van der Waals surface area contributed by atoms with Crippen LogP contribution < -0.4 is 5.32 Å². The van der Waals surface area contributed by atoms with Crippen LogP contribution in [0.15, 0.2) is 24.3 Å². The largest absolute Gasteiger partial charge is 0.306 e. The minimum absolute atomic E-state index is 0.0522. The van der Waals surface area contributed by atoms with Crippen molar-refractivity contribution in [3.8, 4) is 0 Å². The van der Waals surface area contributed by atoms with Crippen LogP contribution in [-0.4, -0.2) is 12.3 Å². The third-order valence-electron chi connectivity index (χ3n) is 1.65. The molecule has 0 spiro atoms.